The van der Waals surface area contributed by atoms with Gasteiger partial charge in [0.15, 0.2) is 0 Å². The molecule has 2 aromatic rings. The van der Waals surface area contributed by atoms with Crippen molar-refractivity contribution in [1.29, 1.82) is 0 Å². The maximum absolute atomic E-state index is 13.8. The van der Waals surface area contributed by atoms with Crippen LogP contribution in [0.4, 0.5) is 4.39 Å². The summed E-state index contributed by atoms with van der Waals surface area (Å²) in [6.07, 6.45) is 4.11. The highest BCUT2D eigenvalue weighted by Gasteiger charge is 2.36. The van der Waals surface area contributed by atoms with E-state index in [1.165, 1.54) is 12.1 Å². The van der Waals surface area contributed by atoms with Crippen molar-refractivity contribution in [2.75, 3.05) is 26.7 Å². The highest BCUT2D eigenvalue weighted by molar-refractivity contribution is 5.98. The van der Waals surface area contributed by atoms with Gasteiger partial charge in [0.1, 0.15) is 17.5 Å². The molecule has 1 aliphatic heterocycles. The van der Waals surface area contributed by atoms with E-state index in [0.29, 0.717) is 24.2 Å². The molecule has 8 heteroatoms. The Labute approximate surface area is 199 Å². The molecule has 1 aliphatic carbocycles. The fourth-order valence-corrected chi connectivity index (χ4v) is 4.47. The lowest BCUT2D eigenvalue weighted by molar-refractivity contribution is -0.138. The minimum absolute atomic E-state index is 0.0839. The van der Waals surface area contributed by atoms with Crippen LogP contribution in [0.1, 0.15) is 43.5 Å². The fourth-order valence-electron chi connectivity index (χ4n) is 4.47. The first kappa shape index (κ1) is 24.1. The maximum atomic E-state index is 13.8. The molecular formula is C26H32FN3O4. The fraction of sp³-hybridized carbons (Fsp3) is 0.500. The second-order valence-corrected chi connectivity index (χ2v) is 9.56. The van der Waals surface area contributed by atoms with Crippen molar-refractivity contribution in [3.05, 3.63) is 47.9 Å². The van der Waals surface area contributed by atoms with Crippen LogP contribution < -0.4 is 4.74 Å². The molecule has 0 saturated heterocycles. The van der Waals surface area contributed by atoms with Gasteiger partial charge in [0.25, 0.3) is 5.91 Å². The number of hydrogen-bond donors (Lipinski definition) is 1. The third-order valence-electron chi connectivity index (χ3n) is 6.96. The summed E-state index contributed by atoms with van der Waals surface area (Å²) in [6.45, 7) is 4.32. The van der Waals surface area contributed by atoms with Crippen LogP contribution in [0.3, 0.4) is 0 Å². The molecule has 2 amide bonds. The molecule has 0 spiro atoms. The summed E-state index contributed by atoms with van der Waals surface area (Å²) in [7, 11) is 1.79. The molecule has 0 unspecified atom stereocenters. The highest BCUT2D eigenvalue weighted by atomic mass is 19.1. The molecule has 1 fully saturated rings. The van der Waals surface area contributed by atoms with Gasteiger partial charge in [-0.25, -0.2) is 9.37 Å². The van der Waals surface area contributed by atoms with Crippen LogP contribution in [0.15, 0.2) is 36.5 Å². The van der Waals surface area contributed by atoms with Crippen molar-refractivity contribution in [3.8, 4) is 17.0 Å². The summed E-state index contributed by atoms with van der Waals surface area (Å²) < 4.78 is 20.0. The Hall–Kier alpha value is -3.00. The van der Waals surface area contributed by atoms with Crippen LogP contribution >= 0.6 is 0 Å². The van der Waals surface area contributed by atoms with E-state index in [4.69, 9.17) is 4.74 Å². The lowest BCUT2D eigenvalue weighted by Crippen LogP contribution is -2.51. The number of hydrogen-bond acceptors (Lipinski definition) is 5. The van der Waals surface area contributed by atoms with E-state index in [0.717, 1.165) is 19.3 Å². The number of pyridine rings is 1. The van der Waals surface area contributed by atoms with Crippen LogP contribution in [0.2, 0.25) is 0 Å². The molecule has 0 radical (unpaired) electrons. The lowest BCUT2D eigenvalue weighted by atomic mass is 9.84. The first-order valence-corrected chi connectivity index (χ1v) is 11.9. The normalized spacial score (nSPS) is 21.6. The van der Waals surface area contributed by atoms with E-state index < -0.39 is 6.04 Å². The standard InChI is InChI=1S/C26H32FN3O4/c1-16-13-30(17(2)15-31)26(33)22-11-20(19-8-5-9-21(27)10-19)12-28-24(22)34-23(16)14-29(3)25(32)18-6-4-7-18/h5,8-12,16-18,23,31H,4,6-7,13-15H2,1-3H3/t16-,17+,23+/m1/s1. The van der Waals surface area contributed by atoms with Crippen LogP contribution in [0.25, 0.3) is 11.1 Å². The van der Waals surface area contributed by atoms with Gasteiger partial charge in [-0.2, -0.15) is 0 Å². The lowest BCUT2D eigenvalue weighted by Gasteiger charge is -2.38. The Morgan fingerprint density at radius 2 is 2.09 bits per heavy atom. The predicted molar refractivity (Wildman–Crippen MR) is 126 cm³/mol. The molecule has 0 bridgehead atoms. The number of halogens is 1. The largest absolute Gasteiger partial charge is 0.472 e. The zero-order valence-electron chi connectivity index (χ0n) is 19.9. The molecule has 3 atom stereocenters. The quantitative estimate of drug-likeness (QED) is 0.702. The second kappa shape index (κ2) is 10.1. The average Bonchev–Trinajstić information content (AvgIpc) is 2.79. The molecule has 4 rings (SSSR count). The van der Waals surface area contributed by atoms with Crippen molar-refractivity contribution in [2.24, 2.45) is 11.8 Å². The monoisotopic (exact) mass is 469 g/mol. The molecule has 1 aromatic carbocycles. The van der Waals surface area contributed by atoms with E-state index in [2.05, 4.69) is 4.98 Å². The summed E-state index contributed by atoms with van der Waals surface area (Å²) in [5.41, 5.74) is 1.45. The van der Waals surface area contributed by atoms with Crippen molar-refractivity contribution in [2.45, 2.75) is 45.3 Å². The molecule has 7 nitrogen and oxygen atoms in total. The van der Waals surface area contributed by atoms with Crippen LogP contribution in [-0.4, -0.2) is 70.6 Å². The summed E-state index contributed by atoms with van der Waals surface area (Å²) in [4.78, 5) is 34.0. The number of aliphatic hydroxyl groups excluding tert-OH is 1. The van der Waals surface area contributed by atoms with Gasteiger partial charge in [-0.05, 0) is 43.5 Å². The summed E-state index contributed by atoms with van der Waals surface area (Å²) in [6, 6.07) is 7.35. The Morgan fingerprint density at radius 1 is 1.32 bits per heavy atom. The number of carbonyl (C=O) groups is 2. The molecule has 2 aliphatic rings. The molecule has 34 heavy (non-hydrogen) atoms. The van der Waals surface area contributed by atoms with E-state index in [1.807, 2.05) is 6.92 Å². The number of aromatic nitrogens is 1. The number of amides is 2. The van der Waals surface area contributed by atoms with Crippen molar-refractivity contribution in [3.63, 3.8) is 0 Å². The third kappa shape index (κ3) is 4.92. The van der Waals surface area contributed by atoms with Gasteiger partial charge in [-0.1, -0.05) is 25.5 Å². The summed E-state index contributed by atoms with van der Waals surface area (Å²) in [5, 5.41) is 9.81. The van der Waals surface area contributed by atoms with Gasteiger partial charge < -0.3 is 19.6 Å². The van der Waals surface area contributed by atoms with Crippen molar-refractivity contribution in [1.82, 2.24) is 14.8 Å². The Morgan fingerprint density at radius 3 is 2.74 bits per heavy atom. The number of ether oxygens (including phenoxy) is 1. The first-order valence-electron chi connectivity index (χ1n) is 11.9. The SMILES string of the molecule is C[C@@H]1CN([C@@H](C)CO)C(=O)c2cc(-c3cccc(F)c3)cnc2O[C@H]1CN(C)C(=O)C1CCC1. The Bertz CT molecular complexity index is 1060. The number of rotatable bonds is 6. The highest BCUT2D eigenvalue weighted by Crippen LogP contribution is 2.32. The number of fused-ring (bicyclic) bond motifs is 1. The first-order chi connectivity index (χ1) is 16.3. The van der Waals surface area contributed by atoms with E-state index in [-0.39, 0.29) is 53.6 Å². The Balaban J connectivity index is 1.68. The average molecular weight is 470 g/mol. The molecule has 2 heterocycles. The Kier molecular flexibility index (Phi) is 7.16. The van der Waals surface area contributed by atoms with Crippen LogP contribution in [0, 0.1) is 17.7 Å². The van der Waals surface area contributed by atoms with Gasteiger partial charge in [0.2, 0.25) is 11.8 Å². The van der Waals surface area contributed by atoms with Gasteiger partial charge in [-0.3, -0.25) is 9.59 Å². The van der Waals surface area contributed by atoms with Gasteiger partial charge in [-0.15, -0.1) is 0 Å². The molecule has 1 saturated carbocycles. The second-order valence-electron chi connectivity index (χ2n) is 9.56. The topological polar surface area (TPSA) is 83.0 Å². The minimum Gasteiger partial charge on any atom is -0.472 e. The van der Waals surface area contributed by atoms with E-state index in [1.54, 1.807) is 48.2 Å². The van der Waals surface area contributed by atoms with E-state index in [9.17, 15) is 19.1 Å². The minimum atomic E-state index is -0.409. The zero-order chi connectivity index (χ0) is 24.4. The third-order valence-corrected chi connectivity index (χ3v) is 6.96. The summed E-state index contributed by atoms with van der Waals surface area (Å²) >= 11 is 0. The van der Waals surface area contributed by atoms with Gasteiger partial charge in [0.05, 0.1) is 19.2 Å². The number of likely N-dealkylation sites (N-methyl/N-ethyl adjacent to an activating group) is 1. The van der Waals surface area contributed by atoms with Crippen LogP contribution in [-0.2, 0) is 4.79 Å². The smallest absolute Gasteiger partial charge is 0.259 e. The number of carbonyl (C=O) groups excluding carboxylic acids is 2. The van der Waals surface area contributed by atoms with Gasteiger partial charge in [0, 0.05) is 37.2 Å². The van der Waals surface area contributed by atoms with Crippen LogP contribution in [0.5, 0.6) is 5.88 Å². The predicted octanol–water partition coefficient (Wildman–Crippen LogP) is 3.37. The van der Waals surface area contributed by atoms with Crippen molar-refractivity contribution >= 4 is 11.8 Å². The number of nitrogens with zero attached hydrogens (tertiary/aromatic N) is 3. The van der Waals surface area contributed by atoms with Crippen molar-refractivity contribution < 1.29 is 23.8 Å². The number of benzene rings is 1. The summed E-state index contributed by atoms with van der Waals surface area (Å²) in [5.74, 6) is -0.397. The van der Waals surface area contributed by atoms with Gasteiger partial charge >= 0.3 is 0 Å². The van der Waals surface area contributed by atoms with E-state index >= 15 is 0 Å². The molecule has 1 N–H and O–H groups in total. The zero-order valence-corrected chi connectivity index (χ0v) is 19.9. The molecule has 182 valence electrons. The molecular weight excluding hydrogens is 437 g/mol. The number of aliphatic hydroxyl groups is 1. The molecule has 1 aromatic heterocycles. The maximum Gasteiger partial charge on any atom is 0.259 e.